The van der Waals surface area contributed by atoms with Crippen molar-refractivity contribution in [3.05, 3.63) is 125 Å². The van der Waals surface area contributed by atoms with Crippen molar-refractivity contribution in [2.24, 2.45) is 5.92 Å². The number of nitrogens with one attached hydrogen (secondary N) is 1. The number of ether oxygens (including phenoxy) is 2. The van der Waals surface area contributed by atoms with Crippen molar-refractivity contribution in [1.82, 2.24) is 0 Å². The number of anilines is 3. The van der Waals surface area contributed by atoms with Gasteiger partial charge in [-0.05, 0) is 205 Å². The van der Waals surface area contributed by atoms with Crippen LogP contribution in [0.4, 0.5) is 17.1 Å². The molecular weight excluding hydrogens is 1140 g/mol. The summed E-state index contributed by atoms with van der Waals surface area (Å²) in [7, 11) is 2.36. The zero-order chi connectivity index (χ0) is 55.7. The zero-order valence-electron chi connectivity index (χ0n) is 52.0. The van der Waals surface area contributed by atoms with Crippen molar-refractivity contribution in [1.29, 1.82) is 0 Å². The van der Waals surface area contributed by atoms with Crippen molar-refractivity contribution in [3.8, 4) is 5.75 Å². The summed E-state index contributed by atoms with van der Waals surface area (Å²) in [5.41, 5.74) is 16.2. The maximum atomic E-state index is 9.73. The molecule has 0 radical (unpaired) electrons. The van der Waals surface area contributed by atoms with Crippen LogP contribution in [0.1, 0.15) is 177 Å². The van der Waals surface area contributed by atoms with Crippen molar-refractivity contribution >= 4 is 48.8 Å². The minimum Gasteiger partial charge on any atom is -0.870 e. The molecule has 3 unspecified atom stereocenters. The normalized spacial score (nSPS) is 16.6. The monoisotopic (exact) mass is 1240 g/mol. The van der Waals surface area contributed by atoms with E-state index in [4.69, 9.17) is 15.2 Å². The molecule has 4 aromatic rings. The molecule has 1 fully saturated rings. The van der Waals surface area contributed by atoms with E-state index >= 15 is 0 Å². The van der Waals surface area contributed by atoms with Crippen molar-refractivity contribution in [2.45, 2.75) is 227 Å². The van der Waals surface area contributed by atoms with Crippen LogP contribution < -0.4 is 67.2 Å². The van der Waals surface area contributed by atoms with Crippen LogP contribution >= 0.6 is 31.8 Å². The van der Waals surface area contributed by atoms with Gasteiger partial charge in [-0.3, -0.25) is 0 Å². The molecular formula is C63H109BrKN2O4P2Pd+3. The third-order valence-electron chi connectivity index (χ3n) is 12.3. The van der Waals surface area contributed by atoms with E-state index < -0.39 is 21.6 Å². The van der Waals surface area contributed by atoms with Crippen LogP contribution in [0.5, 0.6) is 5.75 Å². The van der Waals surface area contributed by atoms with Crippen molar-refractivity contribution < 1.29 is 91.9 Å². The van der Waals surface area contributed by atoms with Crippen LogP contribution in [-0.2, 0) is 25.2 Å². The van der Waals surface area contributed by atoms with E-state index in [2.05, 4.69) is 224 Å². The second-order valence-electron chi connectivity index (χ2n) is 25.9. The number of hydrogen-bond donors (Lipinski definition) is 3. The quantitative estimate of drug-likeness (QED) is 0.0459. The summed E-state index contributed by atoms with van der Waals surface area (Å²) in [4.78, 5) is 0.540. The fourth-order valence-corrected chi connectivity index (χ4v) is 24.9. The summed E-state index contributed by atoms with van der Waals surface area (Å²) in [6.45, 7) is 59.3. The molecule has 0 spiro atoms. The van der Waals surface area contributed by atoms with Gasteiger partial charge in [0.15, 0.2) is 10.9 Å². The van der Waals surface area contributed by atoms with Crippen LogP contribution in [0, 0.1) is 54.4 Å². The standard InChI is InChI=1S/C16H19NO.C12H27P.C12H26P.C8H15BrO2.C8H11N.C7H8.K.H2O.Pd/c1-11-5-7-15(12(2)9-11)17-16-8-6-14(18-4)10-13(16)3;2*1-10(2,3)13(11(4,5)6)12(7,8)9;1-6-5-8(10,11-2)4-3-7(6)9;1-6-3-4-8(9)7(2)5-6;1-7-5-3-2-4-6-7;;;/h5-10,17H,1-4H3;1-9H3;1H2,2-9H3;6-7,10H,3-5H2,1-2H3;3-5H,9H2,1-2H3;2-6H,1H3;;1H2;/q;;+1;;;;+1;;/p+1. The SMILES string of the molecule is CC(C)(C)[PH+](C(C)(C)C)C(C)(C)C.COC1(O)CCC(Br)C(C)C1.COc1ccc(Nc2ccc(C)cc2C)c(C)c1.Cc1ccc(N)c(C)c1.Cc1ccccc1.[CH2+]C(C)(C)[PH+](C(C)(C)C)C(C)(C)C.[K+].[OH-].[Pd]. The molecule has 3 atom stereocenters. The predicted molar refractivity (Wildman–Crippen MR) is 333 cm³/mol. The second-order valence-corrected chi connectivity index (χ2v) is 37.4. The minimum atomic E-state index is -0.857. The number of halogens is 1. The first-order valence-electron chi connectivity index (χ1n) is 25.9. The largest absolute Gasteiger partial charge is 1.00 e. The number of hydrogen-bond acceptors (Lipinski definition) is 6. The Labute approximate surface area is 524 Å². The number of benzene rings is 4. The number of nitrogen functional groups attached to an aromatic ring is 1. The molecule has 420 valence electrons. The molecule has 5 N–H and O–H groups in total. The fraction of sp³-hybridized carbons (Fsp3) is 0.603. The molecule has 6 nitrogen and oxygen atoms in total. The van der Waals surface area contributed by atoms with Crippen molar-refractivity contribution in [3.63, 3.8) is 0 Å². The number of methoxy groups -OCH3 is 2. The average Bonchev–Trinajstić information content (AvgIpc) is 3.17. The Kier molecular flexibility index (Phi) is 37.6. The molecule has 74 heavy (non-hydrogen) atoms. The van der Waals surface area contributed by atoms with Gasteiger partial charge in [-0.1, -0.05) is 94.1 Å². The number of aliphatic hydroxyl groups is 1. The number of rotatable bonds is 5. The van der Waals surface area contributed by atoms with Gasteiger partial charge in [0.25, 0.3) is 0 Å². The Hall–Kier alpha value is -0.331. The Morgan fingerprint density at radius 3 is 1.27 bits per heavy atom. The van der Waals surface area contributed by atoms with E-state index in [0.29, 0.717) is 36.5 Å². The smallest absolute Gasteiger partial charge is 0.870 e. The molecule has 5 rings (SSSR count). The second kappa shape index (κ2) is 34.7. The molecule has 0 heterocycles. The molecule has 11 heteroatoms. The van der Waals surface area contributed by atoms with Gasteiger partial charge in [-0.2, -0.15) is 0 Å². The number of alkyl halides is 1. The molecule has 1 saturated carbocycles. The third-order valence-corrected chi connectivity index (χ3v) is 22.5. The fourth-order valence-electron chi connectivity index (χ4n) is 11.5. The van der Waals surface area contributed by atoms with Crippen LogP contribution in [0.25, 0.3) is 0 Å². The van der Waals surface area contributed by atoms with E-state index in [-0.39, 0.29) is 82.4 Å². The Bertz CT molecular complexity index is 2040. The summed E-state index contributed by atoms with van der Waals surface area (Å²) >= 11 is 3.57. The summed E-state index contributed by atoms with van der Waals surface area (Å²) in [6, 6.07) is 28.8. The molecule has 0 bridgehead atoms. The first-order chi connectivity index (χ1) is 32.0. The first-order valence-corrected chi connectivity index (χ1v) is 29.8. The van der Waals surface area contributed by atoms with Crippen LogP contribution in [-0.4, -0.2) is 66.4 Å². The topological polar surface area (TPSA) is 107 Å². The van der Waals surface area contributed by atoms with Gasteiger partial charge in [-0.15, -0.1) is 0 Å². The molecule has 0 aliphatic heterocycles. The summed E-state index contributed by atoms with van der Waals surface area (Å²) in [5.74, 6) is 0.524. The van der Waals surface area contributed by atoms with E-state index in [1.807, 2.05) is 55.5 Å². The predicted octanol–water partition coefficient (Wildman–Crippen LogP) is 16.0. The van der Waals surface area contributed by atoms with Gasteiger partial charge in [0.1, 0.15) is 12.7 Å². The van der Waals surface area contributed by atoms with Crippen LogP contribution in [0.2, 0.25) is 0 Å². The average molecular weight is 1250 g/mol. The minimum absolute atomic E-state index is 0. The van der Waals surface area contributed by atoms with Gasteiger partial charge in [-0.25, -0.2) is 0 Å². The Morgan fingerprint density at radius 2 is 1.00 bits per heavy atom. The van der Waals surface area contributed by atoms with Gasteiger partial charge < -0.3 is 31.1 Å². The van der Waals surface area contributed by atoms with E-state index in [1.165, 1.54) is 27.8 Å². The van der Waals surface area contributed by atoms with Gasteiger partial charge in [0.2, 0.25) is 0 Å². The summed E-state index contributed by atoms with van der Waals surface area (Å²) < 4.78 is 10.2. The summed E-state index contributed by atoms with van der Waals surface area (Å²) in [5, 5.41) is 15.7. The maximum Gasteiger partial charge on any atom is 1.00 e. The van der Waals surface area contributed by atoms with Gasteiger partial charge in [0, 0.05) is 84.0 Å². The molecule has 0 aromatic heterocycles. The molecule has 4 aromatic carbocycles. The Balaban J connectivity index is -0.000000403. The third kappa shape index (κ3) is 31.5. The molecule has 1 aliphatic rings. The van der Waals surface area contributed by atoms with Gasteiger partial charge in [0.05, 0.1) is 40.8 Å². The number of aryl methyl sites for hydroxylation is 6. The van der Waals surface area contributed by atoms with Crippen molar-refractivity contribution in [2.75, 3.05) is 25.3 Å². The summed E-state index contributed by atoms with van der Waals surface area (Å²) in [6.07, 6.45) is 2.47. The number of nitrogens with two attached hydrogens (primary N) is 1. The van der Waals surface area contributed by atoms with Crippen LogP contribution in [0.3, 0.4) is 0 Å². The van der Waals surface area contributed by atoms with E-state index in [9.17, 15) is 5.11 Å². The maximum absolute atomic E-state index is 9.73. The molecule has 1 aliphatic carbocycles. The zero-order valence-corrected chi connectivity index (χ0v) is 60.3. The first kappa shape index (κ1) is 80.1. The molecule has 0 saturated heterocycles. The molecule has 0 amide bonds. The van der Waals surface area contributed by atoms with E-state index in [0.717, 1.165) is 47.6 Å². The van der Waals surface area contributed by atoms with E-state index in [1.54, 1.807) is 14.2 Å². The Morgan fingerprint density at radius 1 is 0.608 bits per heavy atom. The van der Waals surface area contributed by atoms with Crippen LogP contribution in [0.15, 0.2) is 84.9 Å². The van der Waals surface area contributed by atoms with Gasteiger partial charge >= 0.3 is 51.4 Å².